The second-order valence-electron chi connectivity index (χ2n) is 7.75. The number of hydrazine groups is 1. The standard InChI is InChI=1S/C23H28N4O/c1-2-8-19(9-3-1)22-18-24-20-10-4-5-11-21(20)27(22)26-13-7-6-12-23(26)25-14-16-28-17-15-25/h1-5,8-11,18,22-23H,6-7,12-17H2. The monoisotopic (exact) mass is 376 g/mol. The van der Waals surface area contributed by atoms with E-state index in [9.17, 15) is 0 Å². The zero-order valence-corrected chi connectivity index (χ0v) is 16.3. The summed E-state index contributed by atoms with van der Waals surface area (Å²) in [6, 6.07) is 19.4. The molecular formula is C23H28N4O. The van der Waals surface area contributed by atoms with Crippen LogP contribution in [0.15, 0.2) is 59.6 Å². The van der Waals surface area contributed by atoms with Gasteiger partial charge in [-0.05, 0) is 37.0 Å². The van der Waals surface area contributed by atoms with Crippen molar-refractivity contribution in [3.8, 4) is 0 Å². The van der Waals surface area contributed by atoms with Crippen molar-refractivity contribution in [1.82, 2.24) is 9.91 Å². The summed E-state index contributed by atoms with van der Waals surface area (Å²) in [6.45, 7) is 4.78. The first-order valence-corrected chi connectivity index (χ1v) is 10.5. The second-order valence-corrected chi connectivity index (χ2v) is 7.75. The molecule has 2 unspecified atom stereocenters. The Morgan fingerprint density at radius 2 is 1.64 bits per heavy atom. The number of nitrogens with zero attached hydrogens (tertiary/aromatic N) is 4. The number of fused-ring (bicyclic) bond motifs is 1. The van der Waals surface area contributed by atoms with Crippen LogP contribution in [0.1, 0.15) is 30.9 Å². The van der Waals surface area contributed by atoms with Crippen LogP contribution in [0.3, 0.4) is 0 Å². The summed E-state index contributed by atoms with van der Waals surface area (Å²) in [5, 5.41) is 5.12. The Bertz CT molecular complexity index is 818. The number of hydrogen-bond acceptors (Lipinski definition) is 5. The number of morpholine rings is 1. The quantitative estimate of drug-likeness (QED) is 0.810. The maximum atomic E-state index is 5.62. The number of aliphatic imine (C=N–C) groups is 1. The summed E-state index contributed by atoms with van der Waals surface area (Å²) in [6.07, 6.45) is 6.26. The zero-order chi connectivity index (χ0) is 18.8. The fourth-order valence-corrected chi connectivity index (χ4v) is 4.70. The van der Waals surface area contributed by atoms with Crippen LogP contribution in [-0.4, -0.2) is 55.1 Å². The Balaban J connectivity index is 1.55. The van der Waals surface area contributed by atoms with E-state index < -0.39 is 0 Å². The normalized spacial score (nSPS) is 26.2. The van der Waals surface area contributed by atoms with E-state index >= 15 is 0 Å². The van der Waals surface area contributed by atoms with Gasteiger partial charge < -0.3 is 4.74 Å². The van der Waals surface area contributed by atoms with Crippen molar-refractivity contribution >= 4 is 17.6 Å². The number of ether oxygens (including phenoxy) is 1. The fraction of sp³-hybridized carbons (Fsp3) is 0.435. The van der Waals surface area contributed by atoms with Gasteiger partial charge in [0.2, 0.25) is 0 Å². The fourth-order valence-electron chi connectivity index (χ4n) is 4.70. The van der Waals surface area contributed by atoms with Gasteiger partial charge in [0.15, 0.2) is 0 Å². The Kier molecular flexibility index (Phi) is 5.12. The van der Waals surface area contributed by atoms with Crippen molar-refractivity contribution in [3.05, 3.63) is 60.2 Å². The third kappa shape index (κ3) is 3.34. The van der Waals surface area contributed by atoms with Gasteiger partial charge in [0.05, 0.1) is 30.8 Å². The van der Waals surface area contributed by atoms with Crippen LogP contribution < -0.4 is 5.01 Å². The molecule has 0 amide bonds. The van der Waals surface area contributed by atoms with Crippen LogP contribution in [-0.2, 0) is 4.74 Å². The van der Waals surface area contributed by atoms with Crippen molar-refractivity contribution in [2.75, 3.05) is 37.9 Å². The third-order valence-electron chi connectivity index (χ3n) is 6.08. The van der Waals surface area contributed by atoms with Gasteiger partial charge in [0.1, 0.15) is 6.04 Å². The summed E-state index contributed by atoms with van der Waals surface area (Å²) in [5.74, 6) is 0. The highest BCUT2D eigenvalue weighted by Crippen LogP contribution is 2.41. The Morgan fingerprint density at radius 3 is 2.50 bits per heavy atom. The van der Waals surface area contributed by atoms with Crippen molar-refractivity contribution in [2.45, 2.75) is 31.5 Å². The molecule has 0 saturated carbocycles. The van der Waals surface area contributed by atoms with Gasteiger partial charge in [-0.2, -0.15) is 0 Å². The van der Waals surface area contributed by atoms with E-state index in [0.717, 1.165) is 38.5 Å². The molecule has 0 aliphatic carbocycles. The summed E-state index contributed by atoms with van der Waals surface area (Å²) in [7, 11) is 0. The Hall–Kier alpha value is -2.21. The van der Waals surface area contributed by atoms with Crippen LogP contribution in [0, 0.1) is 0 Å². The molecule has 3 heterocycles. The SMILES string of the molecule is C1=Nc2ccccc2N(N2CCCCC2N2CCOCC2)C1c1ccccc1. The van der Waals surface area contributed by atoms with E-state index in [0.29, 0.717) is 6.17 Å². The molecule has 0 N–H and O–H groups in total. The maximum Gasteiger partial charge on any atom is 0.106 e. The zero-order valence-electron chi connectivity index (χ0n) is 16.3. The van der Waals surface area contributed by atoms with Gasteiger partial charge in [-0.25, -0.2) is 5.01 Å². The lowest BCUT2D eigenvalue weighted by molar-refractivity contribution is -0.0534. The van der Waals surface area contributed by atoms with E-state index in [1.54, 1.807) is 0 Å². The largest absolute Gasteiger partial charge is 0.379 e. The van der Waals surface area contributed by atoms with Gasteiger partial charge in [-0.1, -0.05) is 42.5 Å². The first-order valence-electron chi connectivity index (χ1n) is 10.5. The van der Waals surface area contributed by atoms with E-state index in [2.05, 4.69) is 75.7 Å². The molecule has 0 radical (unpaired) electrons. The van der Waals surface area contributed by atoms with Crippen LogP contribution in [0.2, 0.25) is 0 Å². The van der Waals surface area contributed by atoms with E-state index in [1.165, 1.54) is 30.5 Å². The van der Waals surface area contributed by atoms with E-state index in [4.69, 9.17) is 9.73 Å². The molecule has 2 fully saturated rings. The number of hydrogen-bond donors (Lipinski definition) is 0. The minimum atomic E-state index is 0.123. The number of para-hydroxylation sites is 2. The molecule has 2 saturated heterocycles. The minimum Gasteiger partial charge on any atom is -0.379 e. The highest BCUT2D eigenvalue weighted by atomic mass is 16.5. The molecule has 28 heavy (non-hydrogen) atoms. The Labute approximate surface area is 167 Å². The molecular weight excluding hydrogens is 348 g/mol. The molecule has 5 rings (SSSR count). The van der Waals surface area contributed by atoms with Gasteiger partial charge in [-0.3, -0.25) is 14.9 Å². The Morgan fingerprint density at radius 1 is 0.857 bits per heavy atom. The molecule has 5 heteroatoms. The van der Waals surface area contributed by atoms with Crippen LogP contribution in [0.5, 0.6) is 0 Å². The van der Waals surface area contributed by atoms with Crippen LogP contribution in [0.4, 0.5) is 11.4 Å². The molecule has 2 aromatic carbocycles. The lowest BCUT2D eigenvalue weighted by atomic mass is 10.0. The summed E-state index contributed by atoms with van der Waals surface area (Å²) in [4.78, 5) is 7.42. The highest BCUT2D eigenvalue weighted by Gasteiger charge is 2.37. The van der Waals surface area contributed by atoms with Gasteiger partial charge in [-0.15, -0.1) is 0 Å². The average Bonchev–Trinajstić information content (AvgIpc) is 2.79. The predicted octanol–water partition coefficient (Wildman–Crippen LogP) is 4.01. The average molecular weight is 377 g/mol. The molecule has 0 aromatic heterocycles. The number of anilines is 1. The summed E-state index contributed by atoms with van der Waals surface area (Å²) < 4.78 is 5.62. The molecule has 5 nitrogen and oxygen atoms in total. The van der Waals surface area contributed by atoms with Gasteiger partial charge >= 0.3 is 0 Å². The van der Waals surface area contributed by atoms with Crippen molar-refractivity contribution < 1.29 is 4.74 Å². The molecule has 3 aliphatic heterocycles. The van der Waals surface area contributed by atoms with Crippen molar-refractivity contribution in [3.63, 3.8) is 0 Å². The van der Waals surface area contributed by atoms with Crippen molar-refractivity contribution in [1.29, 1.82) is 0 Å². The van der Waals surface area contributed by atoms with Crippen molar-refractivity contribution in [2.24, 2.45) is 4.99 Å². The van der Waals surface area contributed by atoms with Crippen LogP contribution in [0.25, 0.3) is 0 Å². The predicted molar refractivity (Wildman–Crippen MR) is 113 cm³/mol. The molecule has 0 bridgehead atoms. The molecule has 3 aliphatic rings. The van der Waals surface area contributed by atoms with E-state index in [-0.39, 0.29) is 6.04 Å². The van der Waals surface area contributed by atoms with Gasteiger partial charge in [0.25, 0.3) is 0 Å². The number of rotatable bonds is 3. The highest BCUT2D eigenvalue weighted by molar-refractivity contribution is 5.84. The van der Waals surface area contributed by atoms with Crippen LogP contribution >= 0.6 is 0 Å². The number of piperidine rings is 1. The third-order valence-corrected chi connectivity index (χ3v) is 6.08. The molecule has 146 valence electrons. The smallest absolute Gasteiger partial charge is 0.106 e. The lowest BCUT2D eigenvalue weighted by Crippen LogP contribution is -2.61. The minimum absolute atomic E-state index is 0.123. The molecule has 2 atom stereocenters. The first-order chi connectivity index (χ1) is 13.9. The summed E-state index contributed by atoms with van der Waals surface area (Å²) in [5.41, 5.74) is 3.55. The second kappa shape index (κ2) is 8.03. The topological polar surface area (TPSA) is 31.3 Å². The molecule has 0 spiro atoms. The van der Waals surface area contributed by atoms with Gasteiger partial charge in [0, 0.05) is 25.8 Å². The van der Waals surface area contributed by atoms with E-state index in [1.807, 2.05) is 0 Å². The summed E-state index contributed by atoms with van der Waals surface area (Å²) >= 11 is 0. The molecule has 2 aromatic rings. The lowest BCUT2D eigenvalue weighted by Gasteiger charge is -2.51. The number of benzene rings is 2. The maximum absolute atomic E-state index is 5.62. The first kappa shape index (κ1) is 17.9.